The fourth-order valence-electron chi connectivity index (χ4n) is 4.41. The summed E-state index contributed by atoms with van der Waals surface area (Å²) in [6.45, 7) is 9.06. The lowest BCUT2D eigenvalue weighted by atomic mass is 10.0. The van der Waals surface area contributed by atoms with E-state index in [1.165, 1.54) is 27.1 Å². The van der Waals surface area contributed by atoms with E-state index in [4.69, 9.17) is 16.6 Å². The third-order valence-corrected chi connectivity index (χ3v) is 7.33. The first-order chi connectivity index (χ1) is 16.1. The number of hydrogen-bond donors (Lipinski definition) is 0. The topological polar surface area (TPSA) is 32.3 Å². The molecule has 1 aliphatic heterocycles. The van der Waals surface area contributed by atoms with Crippen LogP contribution < -0.4 is 4.90 Å². The van der Waals surface area contributed by atoms with Crippen LogP contribution >= 0.6 is 22.9 Å². The van der Waals surface area contributed by atoms with Gasteiger partial charge in [-0.1, -0.05) is 72.3 Å². The summed E-state index contributed by atoms with van der Waals surface area (Å²) in [5.74, 6) is 0.962. The minimum absolute atomic E-state index is 0.322. The van der Waals surface area contributed by atoms with Gasteiger partial charge in [0.05, 0.1) is 5.39 Å². The second-order valence-corrected chi connectivity index (χ2v) is 10.0. The predicted molar refractivity (Wildman–Crippen MR) is 141 cm³/mol. The standard InChI is InChI=1S/C27H27ClN4S/c1-19-10-12-22(13-11-19)23-20(2)33-26-24(23)25(29-27(28)30-26)32-17-15-31(16-18-32)14-6-9-21-7-4-3-5-8-21/h3-13H,14-18H2,1-2H3/b9-6+. The van der Waals surface area contributed by atoms with Gasteiger partial charge in [0.25, 0.3) is 0 Å². The molecule has 0 radical (unpaired) electrons. The van der Waals surface area contributed by atoms with E-state index in [9.17, 15) is 0 Å². The molecule has 0 atom stereocenters. The van der Waals surface area contributed by atoms with Crippen molar-refractivity contribution in [2.24, 2.45) is 0 Å². The van der Waals surface area contributed by atoms with Crippen molar-refractivity contribution >= 4 is 45.0 Å². The Hall–Kier alpha value is -2.73. The quantitative estimate of drug-likeness (QED) is 0.310. The van der Waals surface area contributed by atoms with Crippen molar-refractivity contribution in [1.29, 1.82) is 0 Å². The van der Waals surface area contributed by atoms with Gasteiger partial charge >= 0.3 is 0 Å². The fraction of sp³-hybridized carbons (Fsp3) is 0.259. The Balaban J connectivity index is 1.38. The number of benzene rings is 2. The van der Waals surface area contributed by atoms with Gasteiger partial charge in [-0.3, -0.25) is 4.90 Å². The van der Waals surface area contributed by atoms with Crippen LogP contribution in [-0.4, -0.2) is 47.6 Å². The molecule has 0 unspecified atom stereocenters. The molecule has 6 heteroatoms. The van der Waals surface area contributed by atoms with Crippen molar-refractivity contribution < 1.29 is 0 Å². The van der Waals surface area contributed by atoms with Gasteiger partial charge in [-0.2, -0.15) is 4.98 Å². The second kappa shape index (κ2) is 9.64. The minimum atomic E-state index is 0.322. The zero-order valence-corrected chi connectivity index (χ0v) is 20.5. The number of anilines is 1. The molecule has 0 bridgehead atoms. The number of thiophene rings is 1. The highest BCUT2D eigenvalue weighted by atomic mass is 35.5. The number of aromatic nitrogens is 2. The molecule has 0 saturated carbocycles. The molecule has 2 aromatic heterocycles. The number of nitrogens with zero attached hydrogens (tertiary/aromatic N) is 4. The van der Waals surface area contributed by atoms with Gasteiger partial charge in [0.15, 0.2) is 0 Å². The Morgan fingerprint density at radius 2 is 1.67 bits per heavy atom. The summed E-state index contributed by atoms with van der Waals surface area (Å²) in [7, 11) is 0. The molecule has 2 aromatic carbocycles. The van der Waals surface area contributed by atoms with Gasteiger partial charge in [-0.25, -0.2) is 4.98 Å². The van der Waals surface area contributed by atoms with Crippen molar-refractivity contribution in [3.05, 3.63) is 82.0 Å². The van der Waals surface area contributed by atoms with Crippen LogP contribution in [0.2, 0.25) is 5.28 Å². The van der Waals surface area contributed by atoms with E-state index in [2.05, 4.69) is 89.3 Å². The summed E-state index contributed by atoms with van der Waals surface area (Å²) in [4.78, 5) is 16.4. The first-order valence-electron chi connectivity index (χ1n) is 11.3. The van der Waals surface area contributed by atoms with Crippen LogP contribution in [0.25, 0.3) is 27.4 Å². The molecular weight excluding hydrogens is 448 g/mol. The average Bonchev–Trinajstić information content (AvgIpc) is 3.15. The van der Waals surface area contributed by atoms with E-state index in [1.807, 2.05) is 6.07 Å². The molecule has 0 amide bonds. The van der Waals surface area contributed by atoms with Crippen LogP contribution in [0.5, 0.6) is 0 Å². The van der Waals surface area contributed by atoms with Gasteiger partial charge in [0, 0.05) is 43.2 Å². The Morgan fingerprint density at radius 3 is 2.39 bits per heavy atom. The van der Waals surface area contributed by atoms with Crippen LogP contribution in [0.15, 0.2) is 60.7 Å². The maximum atomic E-state index is 6.37. The smallest absolute Gasteiger partial charge is 0.225 e. The molecule has 1 fully saturated rings. The van der Waals surface area contributed by atoms with E-state index in [0.717, 1.165) is 48.8 Å². The van der Waals surface area contributed by atoms with Gasteiger partial charge in [0.2, 0.25) is 5.28 Å². The highest BCUT2D eigenvalue weighted by Gasteiger charge is 2.24. The molecule has 5 rings (SSSR count). The van der Waals surface area contributed by atoms with Crippen LogP contribution in [-0.2, 0) is 0 Å². The molecule has 0 N–H and O–H groups in total. The lowest BCUT2D eigenvalue weighted by molar-refractivity contribution is 0.284. The van der Waals surface area contributed by atoms with Crippen molar-refractivity contribution in [2.75, 3.05) is 37.6 Å². The molecule has 168 valence electrons. The van der Waals surface area contributed by atoms with E-state index in [0.29, 0.717) is 5.28 Å². The van der Waals surface area contributed by atoms with E-state index in [-0.39, 0.29) is 0 Å². The predicted octanol–water partition coefficient (Wildman–Crippen LogP) is 6.46. The SMILES string of the molecule is Cc1ccc(-c2c(C)sc3nc(Cl)nc(N4CCN(C/C=C/c5ccccc5)CC4)c23)cc1. The van der Waals surface area contributed by atoms with Crippen LogP contribution in [0.1, 0.15) is 16.0 Å². The molecule has 4 nitrogen and oxygen atoms in total. The lowest BCUT2D eigenvalue weighted by Gasteiger charge is -2.35. The number of halogens is 1. The summed E-state index contributed by atoms with van der Waals surface area (Å²) >= 11 is 8.06. The summed E-state index contributed by atoms with van der Waals surface area (Å²) < 4.78 is 0. The number of hydrogen-bond acceptors (Lipinski definition) is 5. The first-order valence-corrected chi connectivity index (χ1v) is 12.5. The Morgan fingerprint density at radius 1 is 0.939 bits per heavy atom. The Labute approximate surface area is 204 Å². The number of rotatable bonds is 5. The molecular formula is C27H27ClN4S. The normalized spacial score (nSPS) is 15.1. The van der Waals surface area contributed by atoms with Crippen LogP contribution in [0.3, 0.4) is 0 Å². The zero-order chi connectivity index (χ0) is 22.8. The first kappa shape index (κ1) is 22.1. The minimum Gasteiger partial charge on any atom is -0.353 e. The van der Waals surface area contributed by atoms with Gasteiger partial charge in [-0.05, 0) is 36.6 Å². The Kier molecular flexibility index (Phi) is 6.45. The van der Waals surface area contributed by atoms with Crippen molar-refractivity contribution in [3.8, 4) is 11.1 Å². The van der Waals surface area contributed by atoms with Crippen LogP contribution in [0, 0.1) is 13.8 Å². The molecule has 3 heterocycles. The second-order valence-electron chi connectivity index (χ2n) is 8.50. The third kappa shape index (κ3) is 4.81. The molecule has 0 aliphatic carbocycles. The lowest BCUT2D eigenvalue weighted by Crippen LogP contribution is -2.46. The number of piperazine rings is 1. The summed E-state index contributed by atoms with van der Waals surface area (Å²) in [5, 5.41) is 1.45. The summed E-state index contributed by atoms with van der Waals surface area (Å²) in [6, 6.07) is 19.2. The number of fused-ring (bicyclic) bond motifs is 1. The summed E-state index contributed by atoms with van der Waals surface area (Å²) in [6.07, 6.45) is 4.45. The zero-order valence-electron chi connectivity index (χ0n) is 19.0. The highest BCUT2D eigenvalue weighted by molar-refractivity contribution is 7.19. The monoisotopic (exact) mass is 474 g/mol. The maximum Gasteiger partial charge on any atom is 0.225 e. The van der Waals surface area contributed by atoms with Crippen LogP contribution in [0.4, 0.5) is 5.82 Å². The number of aryl methyl sites for hydroxylation is 2. The third-order valence-electron chi connectivity index (χ3n) is 6.17. The highest BCUT2D eigenvalue weighted by Crippen LogP contribution is 2.42. The maximum absolute atomic E-state index is 6.37. The van der Waals surface area contributed by atoms with E-state index >= 15 is 0 Å². The van der Waals surface area contributed by atoms with Crippen molar-refractivity contribution in [3.63, 3.8) is 0 Å². The van der Waals surface area contributed by atoms with Gasteiger partial charge in [-0.15, -0.1) is 11.3 Å². The Bertz CT molecular complexity index is 1270. The largest absolute Gasteiger partial charge is 0.353 e. The van der Waals surface area contributed by atoms with Gasteiger partial charge < -0.3 is 4.90 Å². The average molecular weight is 475 g/mol. The van der Waals surface area contributed by atoms with Gasteiger partial charge in [0.1, 0.15) is 10.6 Å². The molecule has 1 aliphatic rings. The molecule has 1 saturated heterocycles. The molecule has 0 spiro atoms. The van der Waals surface area contributed by atoms with E-state index < -0.39 is 0 Å². The summed E-state index contributed by atoms with van der Waals surface area (Å²) in [5.41, 5.74) is 4.94. The van der Waals surface area contributed by atoms with Crippen molar-refractivity contribution in [2.45, 2.75) is 13.8 Å². The van der Waals surface area contributed by atoms with Crippen molar-refractivity contribution in [1.82, 2.24) is 14.9 Å². The van der Waals surface area contributed by atoms with E-state index in [1.54, 1.807) is 11.3 Å². The fourth-order valence-corrected chi connectivity index (χ4v) is 5.66. The molecule has 33 heavy (non-hydrogen) atoms. The molecule has 4 aromatic rings.